The molecule has 0 fully saturated rings. The number of ether oxygens (including phenoxy) is 5. The Morgan fingerprint density at radius 2 is 1.33 bits per heavy atom. The largest absolute Gasteiger partial charge is 0.497 e. The SMILES string of the molecule is COc1ccc(C2(c3ccc(OC)cc3)C=Cc3c(C(=O)OCCOCCO)c(-c4ccccc4)c4ccccc4c3O2)cc1. The summed E-state index contributed by atoms with van der Waals surface area (Å²) >= 11 is 0. The number of hydrogen-bond donors (Lipinski definition) is 1. The molecular formula is C38H34O7. The van der Waals surface area contributed by atoms with E-state index in [1.165, 1.54) is 0 Å². The highest BCUT2D eigenvalue weighted by molar-refractivity contribution is 6.14. The molecule has 0 saturated carbocycles. The minimum atomic E-state index is -1.03. The number of benzene rings is 5. The van der Waals surface area contributed by atoms with Gasteiger partial charge in [0, 0.05) is 27.6 Å². The van der Waals surface area contributed by atoms with Crippen LogP contribution < -0.4 is 14.2 Å². The molecule has 0 spiro atoms. The van der Waals surface area contributed by atoms with E-state index in [1.807, 2.05) is 115 Å². The van der Waals surface area contributed by atoms with Crippen LogP contribution in [0.2, 0.25) is 0 Å². The number of methoxy groups -OCH3 is 2. The first-order chi connectivity index (χ1) is 22.1. The van der Waals surface area contributed by atoms with E-state index in [-0.39, 0.29) is 26.4 Å². The molecule has 45 heavy (non-hydrogen) atoms. The summed E-state index contributed by atoms with van der Waals surface area (Å²) in [7, 11) is 3.27. The fourth-order valence-electron chi connectivity index (χ4n) is 5.79. The molecule has 228 valence electrons. The summed E-state index contributed by atoms with van der Waals surface area (Å²) in [6.45, 7) is 0.290. The third-order valence-corrected chi connectivity index (χ3v) is 7.95. The molecular weight excluding hydrogens is 568 g/mol. The third kappa shape index (κ3) is 5.76. The van der Waals surface area contributed by atoms with Gasteiger partial charge in [-0.25, -0.2) is 4.79 Å². The zero-order chi connectivity index (χ0) is 31.2. The minimum absolute atomic E-state index is 0.0425. The van der Waals surface area contributed by atoms with Gasteiger partial charge in [-0.3, -0.25) is 0 Å². The summed E-state index contributed by atoms with van der Waals surface area (Å²) in [5.41, 5.74) is 3.43. The normalized spacial score (nSPS) is 13.1. The molecule has 1 N–H and O–H groups in total. The molecule has 0 aromatic heterocycles. The van der Waals surface area contributed by atoms with E-state index in [9.17, 15) is 4.79 Å². The molecule has 0 bridgehead atoms. The molecule has 0 unspecified atom stereocenters. The van der Waals surface area contributed by atoms with Crippen LogP contribution in [0.3, 0.4) is 0 Å². The summed E-state index contributed by atoms with van der Waals surface area (Å²) in [6.07, 6.45) is 3.95. The van der Waals surface area contributed by atoms with Gasteiger partial charge in [-0.05, 0) is 47.4 Å². The average molecular weight is 603 g/mol. The van der Waals surface area contributed by atoms with Gasteiger partial charge in [0.15, 0.2) is 5.60 Å². The van der Waals surface area contributed by atoms with Crippen LogP contribution in [0.5, 0.6) is 17.2 Å². The Kier molecular flexibility index (Phi) is 8.82. The zero-order valence-corrected chi connectivity index (χ0v) is 25.2. The van der Waals surface area contributed by atoms with E-state index in [0.29, 0.717) is 16.9 Å². The van der Waals surface area contributed by atoms with Crippen LogP contribution in [0.4, 0.5) is 0 Å². The summed E-state index contributed by atoms with van der Waals surface area (Å²) in [5.74, 6) is 1.55. The Labute approximate surface area is 262 Å². The fourth-order valence-corrected chi connectivity index (χ4v) is 5.79. The summed E-state index contributed by atoms with van der Waals surface area (Å²) < 4.78 is 29.2. The molecule has 0 saturated heterocycles. The number of carbonyl (C=O) groups excluding carboxylic acids is 1. The Morgan fingerprint density at radius 1 is 0.733 bits per heavy atom. The maximum atomic E-state index is 14.0. The molecule has 0 atom stereocenters. The van der Waals surface area contributed by atoms with Crippen molar-refractivity contribution in [2.24, 2.45) is 0 Å². The van der Waals surface area contributed by atoms with Gasteiger partial charge in [0.05, 0.1) is 39.6 Å². The molecule has 6 rings (SSSR count). The average Bonchev–Trinajstić information content (AvgIpc) is 3.11. The summed E-state index contributed by atoms with van der Waals surface area (Å²) in [4.78, 5) is 14.0. The van der Waals surface area contributed by atoms with Crippen LogP contribution >= 0.6 is 0 Å². The number of esters is 1. The van der Waals surface area contributed by atoms with Crippen molar-refractivity contribution in [3.8, 4) is 28.4 Å². The van der Waals surface area contributed by atoms with Gasteiger partial charge < -0.3 is 28.8 Å². The van der Waals surface area contributed by atoms with Crippen LogP contribution in [0.15, 0.2) is 109 Å². The van der Waals surface area contributed by atoms with Crippen LogP contribution in [-0.4, -0.2) is 51.7 Å². The number of rotatable bonds is 11. The summed E-state index contributed by atoms with van der Waals surface area (Å²) in [5, 5.41) is 10.8. The molecule has 5 aromatic carbocycles. The lowest BCUT2D eigenvalue weighted by Gasteiger charge is -2.37. The molecule has 0 radical (unpaired) electrons. The van der Waals surface area contributed by atoms with Crippen LogP contribution in [0.25, 0.3) is 28.0 Å². The topological polar surface area (TPSA) is 83.5 Å². The van der Waals surface area contributed by atoms with Gasteiger partial charge in [0.2, 0.25) is 0 Å². The maximum Gasteiger partial charge on any atom is 0.339 e. The van der Waals surface area contributed by atoms with Gasteiger partial charge in [0.1, 0.15) is 23.9 Å². The van der Waals surface area contributed by atoms with E-state index >= 15 is 0 Å². The first kappa shape index (κ1) is 29.9. The Morgan fingerprint density at radius 3 is 1.93 bits per heavy atom. The lowest BCUT2D eigenvalue weighted by Crippen LogP contribution is -2.35. The van der Waals surface area contributed by atoms with Crippen molar-refractivity contribution in [3.63, 3.8) is 0 Å². The van der Waals surface area contributed by atoms with Gasteiger partial charge >= 0.3 is 5.97 Å². The highest BCUT2D eigenvalue weighted by atomic mass is 16.6. The Balaban J connectivity index is 1.57. The standard InChI is InChI=1S/C38H34O7/c1-41-29-16-12-27(13-17-29)38(28-14-18-30(42-2)19-15-28)21-20-33-35(37(40)44-25-24-43-23-22-39)34(26-8-4-3-5-9-26)31-10-6-7-11-32(31)36(33)45-38/h3-21,39H,22-25H2,1-2H3. The number of fused-ring (bicyclic) bond motifs is 3. The van der Waals surface area contributed by atoms with E-state index in [0.717, 1.165) is 44.5 Å². The summed E-state index contributed by atoms with van der Waals surface area (Å²) in [6, 6.07) is 33.4. The highest BCUT2D eigenvalue weighted by Gasteiger charge is 2.40. The lowest BCUT2D eigenvalue weighted by atomic mass is 9.81. The van der Waals surface area contributed by atoms with Crippen molar-refractivity contribution in [2.75, 3.05) is 40.6 Å². The second-order valence-electron chi connectivity index (χ2n) is 10.5. The smallest absolute Gasteiger partial charge is 0.339 e. The van der Waals surface area contributed by atoms with Gasteiger partial charge in [-0.1, -0.05) is 78.9 Å². The molecule has 7 heteroatoms. The minimum Gasteiger partial charge on any atom is -0.497 e. The van der Waals surface area contributed by atoms with Crippen molar-refractivity contribution in [3.05, 3.63) is 131 Å². The van der Waals surface area contributed by atoms with Crippen molar-refractivity contribution < 1.29 is 33.6 Å². The number of carbonyl (C=O) groups is 1. The van der Waals surface area contributed by atoms with Crippen LogP contribution in [0, 0.1) is 0 Å². The van der Waals surface area contributed by atoms with E-state index in [1.54, 1.807) is 14.2 Å². The van der Waals surface area contributed by atoms with Gasteiger partial charge in [-0.2, -0.15) is 0 Å². The van der Waals surface area contributed by atoms with Crippen LogP contribution in [0.1, 0.15) is 27.0 Å². The second kappa shape index (κ2) is 13.3. The molecule has 7 nitrogen and oxygen atoms in total. The van der Waals surface area contributed by atoms with E-state index in [4.69, 9.17) is 28.8 Å². The monoisotopic (exact) mass is 602 g/mol. The van der Waals surface area contributed by atoms with E-state index < -0.39 is 11.6 Å². The second-order valence-corrected chi connectivity index (χ2v) is 10.5. The van der Waals surface area contributed by atoms with Crippen LogP contribution in [-0.2, 0) is 15.1 Å². The molecule has 1 heterocycles. The van der Waals surface area contributed by atoms with Gasteiger partial charge in [-0.15, -0.1) is 0 Å². The third-order valence-electron chi connectivity index (χ3n) is 7.95. The molecule has 0 aliphatic carbocycles. The Bertz CT molecular complexity index is 1760. The zero-order valence-electron chi connectivity index (χ0n) is 25.2. The predicted octanol–water partition coefficient (Wildman–Crippen LogP) is 7.04. The highest BCUT2D eigenvalue weighted by Crippen LogP contribution is 2.49. The predicted molar refractivity (Wildman–Crippen MR) is 174 cm³/mol. The molecule has 0 amide bonds. The van der Waals surface area contributed by atoms with Crippen molar-refractivity contribution in [1.29, 1.82) is 0 Å². The first-order valence-corrected chi connectivity index (χ1v) is 14.8. The maximum absolute atomic E-state index is 14.0. The Hall–Kier alpha value is -5.11. The fraction of sp³-hybridized carbons (Fsp3) is 0.184. The quantitative estimate of drug-likeness (QED) is 0.128. The molecule has 5 aromatic rings. The van der Waals surface area contributed by atoms with Crippen molar-refractivity contribution >= 4 is 22.8 Å². The first-order valence-electron chi connectivity index (χ1n) is 14.8. The number of aliphatic hydroxyl groups is 1. The molecule has 1 aliphatic heterocycles. The van der Waals surface area contributed by atoms with Crippen molar-refractivity contribution in [1.82, 2.24) is 0 Å². The number of aliphatic hydroxyl groups excluding tert-OH is 1. The number of hydrogen-bond acceptors (Lipinski definition) is 7. The van der Waals surface area contributed by atoms with E-state index in [2.05, 4.69) is 0 Å². The molecule has 1 aliphatic rings. The lowest BCUT2D eigenvalue weighted by molar-refractivity contribution is 0.0258. The van der Waals surface area contributed by atoms with Gasteiger partial charge in [0.25, 0.3) is 0 Å². The van der Waals surface area contributed by atoms with Crippen molar-refractivity contribution in [2.45, 2.75) is 5.60 Å².